The molecule has 0 radical (unpaired) electrons. The zero-order valence-corrected chi connectivity index (χ0v) is 7.36. The van der Waals surface area contributed by atoms with E-state index in [9.17, 15) is 9.90 Å². The second-order valence-electron chi connectivity index (χ2n) is 2.78. The summed E-state index contributed by atoms with van der Waals surface area (Å²) in [5, 5.41) is 9.49. The van der Waals surface area contributed by atoms with Crippen LogP contribution in [0.25, 0.3) is 0 Å². The minimum atomic E-state index is 0.235. The molecule has 0 amide bonds. The minimum Gasteiger partial charge on any atom is -0.508 e. The van der Waals surface area contributed by atoms with Gasteiger partial charge < -0.3 is 9.90 Å². The van der Waals surface area contributed by atoms with Gasteiger partial charge in [0.25, 0.3) is 0 Å². The van der Waals surface area contributed by atoms with E-state index in [0.717, 1.165) is 17.4 Å². The van der Waals surface area contributed by atoms with Crippen molar-refractivity contribution in [2.24, 2.45) is 0 Å². The molecule has 68 valence electrons. The average molecular weight is 176 g/mol. The number of hydrogen-bond donors (Lipinski definition) is 1. The number of hydrogen-bond acceptors (Lipinski definition) is 2. The predicted octanol–water partition coefficient (Wildman–Crippen LogP) is 1.86. The van der Waals surface area contributed by atoms with E-state index < -0.39 is 0 Å². The molecular weight excluding hydrogens is 164 g/mol. The number of aromatic hydroxyl groups is 1. The molecule has 0 aliphatic heterocycles. The first-order valence-corrected chi connectivity index (χ1v) is 4.14. The van der Waals surface area contributed by atoms with Crippen LogP contribution in [0.2, 0.25) is 0 Å². The van der Waals surface area contributed by atoms with Gasteiger partial charge in [0.05, 0.1) is 0 Å². The van der Waals surface area contributed by atoms with Crippen molar-refractivity contribution < 1.29 is 9.90 Å². The fourth-order valence-corrected chi connectivity index (χ4v) is 1.28. The van der Waals surface area contributed by atoms with Gasteiger partial charge in [0.15, 0.2) is 0 Å². The predicted molar refractivity (Wildman–Crippen MR) is 51.8 cm³/mol. The van der Waals surface area contributed by atoms with Crippen molar-refractivity contribution in [1.82, 2.24) is 0 Å². The van der Waals surface area contributed by atoms with Crippen molar-refractivity contribution in [3.05, 3.63) is 42.0 Å². The summed E-state index contributed by atoms with van der Waals surface area (Å²) >= 11 is 0. The minimum absolute atomic E-state index is 0.235. The lowest BCUT2D eigenvalue weighted by atomic mass is 10.0. The summed E-state index contributed by atoms with van der Waals surface area (Å²) in [7, 11) is 0. The van der Waals surface area contributed by atoms with Crippen molar-refractivity contribution in [1.29, 1.82) is 0 Å². The molecule has 0 spiro atoms. The molecule has 1 aromatic rings. The summed E-state index contributed by atoms with van der Waals surface area (Å²) in [6.45, 7) is 3.60. The molecule has 13 heavy (non-hydrogen) atoms. The number of aldehydes is 1. The van der Waals surface area contributed by atoms with Crippen LogP contribution in [0.3, 0.4) is 0 Å². The third-order valence-electron chi connectivity index (χ3n) is 1.90. The number of benzene rings is 1. The Morgan fingerprint density at radius 3 is 2.77 bits per heavy atom. The Bertz CT molecular complexity index is 316. The van der Waals surface area contributed by atoms with Crippen molar-refractivity contribution in [3.63, 3.8) is 0 Å². The molecule has 2 nitrogen and oxygen atoms in total. The maximum absolute atomic E-state index is 10.3. The van der Waals surface area contributed by atoms with Crippen LogP contribution in [0.5, 0.6) is 5.75 Å². The topological polar surface area (TPSA) is 37.3 Å². The Morgan fingerprint density at radius 1 is 1.38 bits per heavy atom. The third-order valence-corrected chi connectivity index (χ3v) is 1.90. The first-order chi connectivity index (χ1) is 6.29. The van der Waals surface area contributed by atoms with E-state index in [0.29, 0.717) is 12.8 Å². The van der Waals surface area contributed by atoms with Gasteiger partial charge >= 0.3 is 0 Å². The molecule has 0 aliphatic rings. The molecule has 0 aromatic heterocycles. The fraction of sp³-hybridized carbons (Fsp3) is 0.182. The monoisotopic (exact) mass is 176 g/mol. The summed E-state index contributed by atoms with van der Waals surface area (Å²) in [5.74, 6) is 0.235. The van der Waals surface area contributed by atoms with E-state index in [-0.39, 0.29) is 5.75 Å². The number of allylic oxidation sites excluding steroid dienone is 1. The molecular formula is C11H12O2. The van der Waals surface area contributed by atoms with E-state index in [1.807, 2.05) is 6.07 Å². The van der Waals surface area contributed by atoms with Crippen molar-refractivity contribution in [3.8, 4) is 5.75 Å². The highest BCUT2D eigenvalue weighted by Crippen LogP contribution is 2.21. The van der Waals surface area contributed by atoms with E-state index in [2.05, 4.69) is 6.58 Å². The maximum atomic E-state index is 10.3. The van der Waals surface area contributed by atoms with Gasteiger partial charge in [0.2, 0.25) is 0 Å². The Hall–Kier alpha value is -1.57. The van der Waals surface area contributed by atoms with E-state index in [1.54, 1.807) is 18.2 Å². The lowest BCUT2D eigenvalue weighted by Gasteiger charge is -2.06. The standard InChI is InChI=1S/C11H12O2/c1-2-4-10-9(7-8-12)5-3-6-11(10)13/h2-3,5-6,8,13H,1,4,7H2. The molecule has 0 aliphatic carbocycles. The Morgan fingerprint density at radius 2 is 2.15 bits per heavy atom. The van der Waals surface area contributed by atoms with Gasteiger partial charge in [-0.05, 0) is 18.1 Å². The molecule has 0 unspecified atom stereocenters. The molecule has 0 bridgehead atoms. The van der Waals surface area contributed by atoms with Crippen LogP contribution in [0.15, 0.2) is 30.9 Å². The Balaban J connectivity index is 3.08. The largest absolute Gasteiger partial charge is 0.508 e. The second kappa shape index (κ2) is 4.45. The lowest BCUT2D eigenvalue weighted by Crippen LogP contribution is -1.94. The summed E-state index contributed by atoms with van der Waals surface area (Å²) in [5.41, 5.74) is 1.67. The Labute approximate surface area is 77.5 Å². The van der Waals surface area contributed by atoms with Gasteiger partial charge in [-0.25, -0.2) is 0 Å². The summed E-state index contributed by atoms with van der Waals surface area (Å²) in [6.07, 6.45) is 3.48. The summed E-state index contributed by atoms with van der Waals surface area (Å²) in [4.78, 5) is 10.3. The van der Waals surface area contributed by atoms with E-state index >= 15 is 0 Å². The van der Waals surface area contributed by atoms with Gasteiger partial charge in [0.1, 0.15) is 12.0 Å². The molecule has 2 heteroatoms. The number of carbonyl (C=O) groups is 1. The SMILES string of the molecule is C=CCc1c(O)cccc1CC=O. The Kier molecular flexibility index (Phi) is 3.26. The van der Waals surface area contributed by atoms with Gasteiger partial charge in [0, 0.05) is 12.0 Å². The quantitative estimate of drug-likeness (QED) is 0.561. The maximum Gasteiger partial charge on any atom is 0.124 e. The highest BCUT2D eigenvalue weighted by atomic mass is 16.3. The number of rotatable bonds is 4. The van der Waals surface area contributed by atoms with Crippen molar-refractivity contribution in [2.75, 3.05) is 0 Å². The van der Waals surface area contributed by atoms with Crippen LogP contribution < -0.4 is 0 Å². The normalized spacial score (nSPS) is 9.54. The average Bonchev–Trinajstić information content (AvgIpc) is 2.11. The summed E-state index contributed by atoms with van der Waals surface area (Å²) < 4.78 is 0. The smallest absolute Gasteiger partial charge is 0.124 e. The third kappa shape index (κ3) is 2.18. The van der Waals surface area contributed by atoms with Gasteiger partial charge in [-0.3, -0.25) is 0 Å². The van der Waals surface area contributed by atoms with Gasteiger partial charge in [-0.1, -0.05) is 18.2 Å². The number of phenolic OH excluding ortho intramolecular Hbond substituents is 1. The molecule has 0 saturated heterocycles. The molecule has 0 fully saturated rings. The van der Waals surface area contributed by atoms with Crippen LogP contribution in [0.1, 0.15) is 11.1 Å². The molecule has 1 rings (SSSR count). The highest BCUT2D eigenvalue weighted by molar-refractivity contribution is 5.58. The van der Waals surface area contributed by atoms with E-state index in [1.165, 1.54) is 0 Å². The molecule has 0 atom stereocenters. The van der Waals surface area contributed by atoms with Crippen molar-refractivity contribution >= 4 is 6.29 Å². The van der Waals surface area contributed by atoms with Crippen LogP contribution >= 0.6 is 0 Å². The second-order valence-corrected chi connectivity index (χ2v) is 2.78. The molecule has 1 aromatic carbocycles. The van der Waals surface area contributed by atoms with Crippen LogP contribution in [0, 0.1) is 0 Å². The summed E-state index contributed by atoms with van der Waals surface area (Å²) in [6, 6.07) is 5.20. The van der Waals surface area contributed by atoms with Gasteiger partial charge in [-0.2, -0.15) is 0 Å². The molecule has 0 saturated carbocycles. The first kappa shape index (κ1) is 9.52. The number of phenols is 1. The van der Waals surface area contributed by atoms with Crippen LogP contribution in [0.4, 0.5) is 0 Å². The fourth-order valence-electron chi connectivity index (χ4n) is 1.28. The highest BCUT2D eigenvalue weighted by Gasteiger charge is 2.04. The van der Waals surface area contributed by atoms with Crippen molar-refractivity contribution in [2.45, 2.75) is 12.8 Å². The first-order valence-electron chi connectivity index (χ1n) is 4.14. The van der Waals surface area contributed by atoms with Crippen LogP contribution in [-0.2, 0) is 17.6 Å². The lowest BCUT2D eigenvalue weighted by molar-refractivity contribution is -0.107. The van der Waals surface area contributed by atoms with Gasteiger partial charge in [-0.15, -0.1) is 6.58 Å². The zero-order valence-electron chi connectivity index (χ0n) is 7.36. The zero-order chi connectivity index (χ0) is 9.68. The molecule has 0 heterocycles. The number of carbonyl (C=O) groups excluding carboxylic acids is 1. The van der Waals surface area contributed by atoms with Crippen LogP contribution in [-0.4, -0.2) is 11.4 Å². The molecule has 1 N–H and O–H groups in total. The van der Waals surface area contributed by atoms with E-state index in [4.69, 9.17) is 0 Å².